The molecule has 1 aromatic rings. The number of pyridine rings is 1. The van der Waals surface area contributed by atoms with Crippen LogP contribution in [-0.2, 0) is 0 Å². The number of hydrogen-bond acceptors (Lipinski definition) is 5. The molecule has 0 spiro atoms. The maximum atomic E-state index is 4.27. The number of anilines is 1. The summed E-state index contributed by atoms with van der Waals surface area (Å²) in [4.78, 5) is 4.27. The highest BCUT2D eigenvalue weighted by Gasteiger charge is 2.18. The molecule has 82 valence electrons. The molecule has 0 atom stereocenters. The predicted molar refractivity (Wildman–Crippen MR) is 69.0 cm³/mol. The monoisotopic (exact) mass is 241 g/mol. The van der Waals surface area contributed by atoms with E-state index in [1.165, 1.54) is 11.0 Å². The lowest BCUT2D eigenvalue weighted by atomic mass is 10.1. The van der Waals surface area contributed by atoms with Gasteiger partial charge in [-0.2, -0.15) is 0 Å². The van der Waals surface area contributed by atoms with E-state index in [0.29, 0.717) is 6.04 Å². The molecule has 3 nitrogen and oxygen atoms in total. The van der Waals surface area contributed by atoms with Crippen molar-refractivity contribution in [2.24, 2.45) is 0 Å². The van der Waals surface area contributed by atoms with E-state index >= 15 is 0 Å². The van der Waals surface area contributed by atoms with Crippen molar-refractivity contribution in [3.05, 3.63) is 24.4 Å². The lowest BCUT2D eigenvalue weighted by Crippen LogP contribution is -2.35. The van der Waals surface area contributed by atoms with E-state index in [2.05, 4.69) is 26.3 Å². The Hall–Kier alpha value is -0.390. The molecule has 0 bridgehead atoms. The molecular formula is C10H15N3S2. The third kappa shape index (κ3) is 3.29. The van der Waals surface area contributed by atoms with Crippen LogP contribution < -0.4 is 5.32 Å². The van der Waals surface area contributed by atoms with Crippen LogP contribution in [0.3, 0.4) is 0 Å². The summed E-state index contributed by atoms with van der Waals surface area (Å²) in [7, 11) is 1.54. The first-order valence-electron chi connectivity index (χ1n) is 5.12. The van der Waals surface area contributed by atoms with Crippen molar-refractivity contribution in [2.45, 2.75) is 18.9 Å². The zero-order chi connectivity index (χ0) is 10.5. The van der Waals surface area contributed by atoms with Crippen molar-refractivity contribution in [1.82, 2.24) is 9.29 Å². The number of rotatable bonds is 3. The first kappa shape index (κ1) is 11.1. The van der Waals surface area contributed by atoms with Crippen LogP contribution >= 0.6 is 22.6 Å². The fourth-order valence-corrected chi connectivity index (χ4v) is 2.60. The quantitative estimate of drug-likeness (QED) is 0.483. The van der Waals surface area contributed by atoms with Gasteiger partial charge in [-0.15, -0.1) is 0 Å². The zero-order valence-electron chi connectivity index (χ0n) is 8.47. The van der Waals surface area contributed by atoms with Crippen LogP contribution in [0.2, 0.25) is 0 Å². The minimum atomic E-state index is 0.552. The lowest BCUT2D eigenvalue weighted by molar-refractivity contribution is 0.361. The van der Waals surface area contributed by atoms with Crippen LogP contribution in [0.5, 0.6) is 0 Å². The zero-order valence-corrected chi connectivity index (χ0v) is 10.2. The number of aromatic nitrogens is 1. The second-order valence-electron chi connectivity index (χ2n) is 3.64. The molecule has 1 aliphatic heterocycles. The minimum absolute atomic E-state index is 0.552. The van der Waals surface area contributed by atoms with Crippen molar-refractivity contribution >= 4 is 28.5 Å². The normalized spacial score (nSPS) is 19.0. The number of thiol groups is 1. The molecule has 5 heteroatoms. The van der Waals surface area contributed by atoms with Gasteiger partial charge in [-0.25, -0.2) is 9.29 Å². The van der Waals surface area contributed by atoms with Gasteiger partial charge in [0, 0.05) is 25.3 Å². The van der Waals surface area contributed by atoms with Gasteiger partial charge in [-0.05, 0) is 36.0 Å². The minimum Gasteiger partial charge on any atom is -0.367 e. The third-order valence-electron chi connectivity index (χ3n) is 2.59. The Kier molecular flexibility index (Phi) is 4.17. The molecule has 2 heterocycles. The van der Waals surface area contributed by atoms with Crippen LogP contribution in [0.15, 0.2) is 24.4 Å². The van der Waals surface area contributed by atoms with E-state index in [9.17, 15) is 0 Å². The Labute approximate surface area is 99.6 Å². The van der Waals surface area contributed by atoms with E-state index < -0.39 is 0 Å². The molecule has 1 fully saturated rings. The van der Waals surface area contributed by atoms with E-state index in [1.54, 1.807) is 0 Å². The van der Waals surface area contributed by atoms with Gasteiger partial charge in [0.05, 0.1) is 0 Å². The summed E-state index contributed by atoms with van der Waals surface area (Å²) in [5.41, 5.74) is 0. The lowest BCUT2D eigenvalue weighted by Gasteiger charge is -2.30. The summed E-state index contributed by atoms with van der Waals surface area (Å²) in [5.74, 6) is 0.981. The smallest absolute Gasteiger partial charge is 0.126 e. The summed E-state index contributed by atoms with van der Waals surface area (Å²) < 4.78 is 2.28. The average molecular weight is 241 g/mol. The van der Waals surface area contributed by atoms with Gasteiger partial charge >= 0.3 is 0 Å². The second kappa shape index (κ2) is 5.63. The van der Waals surface area contributed by atoms with E-state index in [-0.39, 0.29) is 0 Å². The summed E-state index contributed by atoms with van der Waals surface area (Å²) in [6.45, 7) is 2.19. The SMILES string of the molecule is SSN1CCC(Nc2ccccn2)CC1. The van der Waals surface area contributed by atoms with Crippen LogP contribution in [0.25, 0.3) is 0 Å². The molecular weight excluding hydrogens is 226 g/mol. The first-order valence-corrected chi connectivity index (χ1v) is 6.95. The molecule has 1 aromatic heterocycles. The largest absolute Gasteiger partial charge is 0.367 e. The molecule has 1 N–H and O–H groups in total. The number of nitrogens with zero attached hydrogens (tertiary/aromatic N) is 2. The van der Waals surface area contributed by atoms with Gasteiger partial charge in [-0.1, -0.05) is 17.7 Å². The average Bonchev–Trinajstić information content (AvgIpc) is 2.31. The van der Waals surface area contributed by atoms with Crippen LogP contribution in [0.4, 0.5) is 5.82 Å². The summed E-state index contributed by atoms with van der Waals surface area (Å²) in [5, 5.41) is 3.45. The number of hydrogen-bond donors (Lipinski definition) is 2. The first-order chi connectivity index (χ1) is 7.38. The Morgan fingerprint density at radius 3 is 2.80 bits per heavy atom. The van der Waals surface area contributed by atoms with Crippen molar-refractivity contribution < 1.29 is 0 Å². The van der Waals surface area contributed by atoms with Gasteiger partial charge in [0.1, 0.15) is 5.82 Å². The van der Waals surface area contributed by atoms with Crippen molar-refractivity contribution in [3.63, 3.8) is 0 Å². The molecule has 2 rings (SSSR count). The van der Waals surface area contributed by atoms with Gasteiger partial charge < -0.3 is 5.32 Å². The summed E-state index contributed by atoms with van der Waals surface area (Å²) in [6.07, 6.45) is 4.13. The second-order valence-corrected chi connectivity index (χ2v) is 4.81. The Bertz CT molecular complexity index is 286. The highest BCUT2D eigenvalue weighted by molar-refractivity contribution is 8.67. The fraction of sp³-hybridized carbons (Fsp3) is 0.500. The standard InChI is InChI=1S/C10H15N3S2/c14-15-13-7-4-9(5-8-13)12-10-3-1-2-6-11-10/h1-3,6,9,14H,4-5,7-8H2,(H,11,12). The van der Waals surface area contributed by atoms with Gasteiger partial charge in [-0.3, -0.25) is 0 Å². The molecule has 0 aromatic carbocycles. The number of piperidine rings is 1. The topological polar surface area (TPSA) is 28.2 Å². The van der Waals surface area contributed by atoms with E-state index in [4.69, 9.17) is 0 Å². The molecule has 0 unspecified atom stereocenters. The fourth-order valence-electron chi connectivity index (χ4n) is 1.74. The van der Waals surface area contributed by atoms with Crippen LogP contribution in [0, 0.1) is 0 Å². The Morgan fingerprint density at radius 2 is 2.20 bits per heavy atom. The van der Waals surface area contributed by atoms with E-state index in [1.807, 2.05) is 24.4 Å². The predicted octanol–water partition coefficient (Wildman–Crippen LogP) is 2.45. The third-order valence-corrected chi connectivity index (χ3v) is 3.88. The maximum Gasteiger partial charge on any atom is 0.126 e. The van der Waals surface area contributed by atoms with Crippen molar-refractivity contribution in [2.75, 3.05) is 18.4 Å². The molecule has 0 radical (unpaired) electrons. The van der Waals surface area contributed by atoms with Gasteiger partial charge in [0.15, 0.2) is 0 Å². The molecule has 0 aliphatic carbocycles. The molecule has 1 aliphatic rings. The molecule has 0 saturated carbocycles. The van der Waals surface area contributed by atoms with Gasteiger partial charge in [0.25, 0.3) is 0 Å². The molecule has 15 heavy (non-hydrogen) atoms. The molecule has 1 saturated heterocycles. The number of nitrogens with one attached hydrogen (secondary N) is 1. The van der Waals surface area contributed by atoms with Crippen LogP contribution in [0.1, 0.15) is 12.8 Å². The van der Waals surface area contributed by atoms with Crippen molar-refractivity contribution in [3.8, 4) is 0 Å². The summed E-state index contributed by atoms with van der Waals surface area (Å²) >= 11 is 4.20. The van der Waals surface area contributed by atoms with Crippen LogP contribution in [-0.4, -0.2) is 28.4 Å². The highest BCUT2D eigenvalue weighted by atomic mass is 33.1. The Balaban J connectivity index is 1.82. The van der Waals surface area contributed by atoms with E-state index in [0.717, 1.165) is 31.7 Å². The van der Waals surface area contributed by atoms with Crippen molar-refractivity contribution in [1.29, 1.82) is 0 Å². The molecule has 0 amide bonds. The summed E-state index contributed by atoms with van der Waals surface area (Å²) in [6, 6.07) is 6.51. The Morgan fingerprint density at radius 1 is 1.40 bits per heavy atom. The van der Waals surface area contributed by atoms with Gasteiger partial charge in [0.2, 0.25) is 0 Å². The maximum absolute atomic E-state index is 4.27. The highest BCUT2D eigenvalue weighted by Crippen LogP contribution is 2.22.